The maximum Gasteiger partial charge on any atom is 0.264 e. The lowest BCUT2D eigenvalue weighted by atomic mass is 10.1. The molecule has 0 aliphatic heterocycles. The van der Waals surface area contributed by atoms with Crippen molar-refractivity contribution >= 4 is 27.5 Å². The first-order chi connectivity index (χ1) is 18.7. The van der Waals surface area contributed by atoms with E-state index in [-0.39, 0.29) is 17.3 Å². The minimum atomic E-state index is -4.07. The lowest BCUT2D eigenvalue weighted by Gasteiger charge is -2.32. The van der Waals surface area contributed by atoms with Gasteiger partial charge in [-0.3, -0.25) is 13.9 Å². The first-order valence-electron chi connectivity index (χ1n) is 13.5. The molecule has 3 aromatic carbocycles. The van der Waals surface area contributed by atoms with Crippen molar-refractivity contribution in [1.29, 1.82) is 0 Å². The van der Waals surface area contributed by atoms with Gasteiger partial charge in [-0.1, -0.05) is 80.1 Å². The minimum absolute atomic E-state index is 0.108. The number of benzene rings is 3. The monoisotopic (exact) mass is 549 g/mol. The zero-order chi connectivity index (χ0) is 28.4. The van der Waals surface area contributed by atoms with E-state index < -0.39 is 28.5 Å². The molecule has 39 heavy (non-hydrogen) atoms. The van der Waals surface area contributed by atoms with Crippen LogP contribution in [0.25, 0.3) is 0 Å². The molecule has 0 aromatic heterocycles. The van der Waals surface area contributed by atoms with Crippen LogP contribution in [0.3, 0.4) is 0 Å². The highest BCUT2D eigenvalue weighted by Crippen LogP contribution is 2.28. The largest absolute Gasteiger partial charge is 0.354 e. The molecule has 0 unspecified atom stereocenters. The van der Waals surface area contributed by atoms with Crippen LogP contribution < -0.4 is 9.62 Å². The van der Waals surface area contributed by atoms with Crippen molar-refractivity contribution in [3.8, 4) is 0 Å². The molecule has 3 aromatic rings. The van der Waals surface area contributed by atoms with E-state index in [1.54, 1.807) is 43.3 Å². The SMILES string of the molecule is CCCNC(=O)[C@@H](C)N(CCc1ccccc1)C(=O)CN(c1ccccc1CC)S(=O)(=O)c1ccc(C)cc1. The number of amides is 2. The van der Waals surface area contributed by atoms with Gasteiger partial charge in [0, 0.05) is 13.1 Å². The molecular weight excluding hydrogens is 510 g/mol. The Morgan fingerprint density at radius 2 is 1.54 bits per heavy atom. The second-order valence-corrected chi connectivity index (χ2v) is 11.5. The Hall–Kier alpha value is -3.65. The molecule has 0 fully saturated rings. The summed E-state index contributed by atoms with van der Waals surface area (Å²) in [5.74, 6) is -0.702. The third kappa shape index (κ3) is 7.69. The van der Waals surface area contributed by atoms with E-state index in [9.17, 15) is 18.0 Å². The van der Waals surface area contributed by atoms with Gasteiger partial charge in [0.2, 0.25) is 11.8 Å². The average Bonchev–Trinajstić information content (AvgIpc) is 2.95. The van der Waals surface area contributed by atoms with E-state index in [0.717, 1.165) is 23.1 Å². The molecule has 8 heteroatoms. The van der Waals surface area contributed by atoms with E-state index in [0.29, 0.717) is 25.1 Å². The Kier molecular flexibility index (Phi) is 10.7. The second kappa shape index (κ2) is 13.9. The number of aryl methyl sites for hydroxylation is 2. The minimum Gasteiger partial charge on any atom is -0.354 e. The Bertz CT molecular complexity index is 1340. The summed E-state index contributed by atoms with van der Waals surface area (Å²) in [4.78, 5) is 28.5. The fourth-order valence-electron chi connectivity index (χ4n) is 4.37. The molecule has 0 heterocycles. The Balaban J connectivity index is 2.00. The Labute approximate surface area is 232 Å². The van der Waals surface area contributed by atoms with Crippen LogP contribution in [0, 0.1) is 6.92 Å². The number of carbonyl (C=O) groups is 2. The summed E-state index contributed by atoms with van der Waals surface area (Å²) in [5, 5.41) is 2.87. The second-order valence-electron chi connectivity index (χ2n) is 9.60. The molecule has 0 aliphatic rings. The Morgan fingerprint density at radius 1 is 0.897 bits per heavy atom. The van der Waals surface area contributed by atoms with Crippen LogP contribution in [-0.2, 0) is 32.5 Å². The first-order valence-corrected chi connectivity index (χ1v) is 14.9. The molecular formula is C31H39N3O4S. The van der Waals surface area contributed by atoms with Gasteiger partial charge in [0.25, 0.3) is 10.0 Å². The van der Waals surface area contributed by atoms with Gasteiger partial charge in [0.15, 0.2) is 0 Å². The van der Waals surface area contributed by atoms with Crippen molar-refractivity contribution in [2.45, 2.75) is 57.9 Å². The van der Waals surface area contributed by atoms with Gasteiger partial charge < -0.3 is 10.2 Å². The highest BCUT2D eigenvalue weighted by Gasteiger charge is 2.33. The number of carbonyl (C=O) groups excluding carboxylic acids is 2. The zero-order valence-electron chi connectivity index (χ0n) is 23.3. The third-order valence-electron chi connectivity index (χ3n) is 6.73. The van der Waals surface area contributed by atoms with E-state index in [2.05, 4.69) is 5.32 Å². The quantitative estimate of drug-likeness (QED) is 0.334. The van der Waals surface area contributed by atoms with Gasteiger partial charge in [0.05, 0.1) is 10.6 Å². The van der Waals surface area contributed by atoms with Crippen LogP contribution in [0.4, 0.5) is 5.69 Å². The van der Waals surface area contributed by atoms with Crippen molar-refractivity contribution in [2.24, 2.45) is 0 Å². The van der Waals surface area contributed by atoms with Gasteiger partial charge in [-0.15, -0.1) is 0 Å². The summed E-state index contributed by atoms with van der Waals surface area (Å²) in [7, 11) is -4.07. The van der Waals surface area contributed by atoms with Gasteiger partial charge in [-0.25, -0.2) is 8.42 Å². The number of nitrogens with one attached hydrogen (secondary N) is 1. The van der Waals surface area contributed by atoms with Crippen LogP contribution in [0.1, 0.15) is 43.9 Å². The molecule has 208 valence electrons. The summed E-state index contributed by atoms with van der Waals surface area (Å²) in [6, 6.07) is 22.8. The standard InChI is InChI=1S/C31H39N3O4S/c1-5-21-32-31(36)25(4)33(22-20-26-12-8-7-9-13-26)30(35)23-34(29-15-11-10-14-27(29)6-2)39(37,38)28-18-16-24(3)17-19-28/h7-19,25H,5-6,20-23H2,1-4H3,(H,32,36)/t25-/m1/s1. The van der Waals surface area contributed by atoms with E-state index in [4.69, 9.17) is 0 Å². The Morgan fingerprint density at radius 3 is 2.18 bits per heavy atom. The highest BCUT2D eigenvalue weighted by molar-refractivity contribution is 7.92. The van der Waals surface area contributed by atoms with Gasteiger partial charge in [-0.2, -0.15) is 0 Å². The van der Waals surface area contributed by atoms with Gasteiger partial charge in [0.1, 0.15) is 12.6 Å². The molecule has 3 rings (SSSR count). The molecule has 1 N–H and O–H groups in total. The first kappa shape index (κ1) is 29.9. The highest BCUT2D eigenvalue weighted by atomic mass is 32.2. The lowest BCUT2D eigenvalue weighted by molar-refractivity contribution is -0.138. The summed E-state index contributed by atoms with van der Waals surface area (Å²) >= 11 is 0. The van der Waals surface area contributed by atoms with Crippen LogP contribution in [0.5, 0.6) is 0 Å². The maximum absolute atomic E-state index is 14.0. The zero-order valence-corrected chi connectivity index (χ0v) is 24.1. The number of para-hydroxylation sites is 1. The van der Waals surface area contributed by atoms with Crippen LogP contribution in [0.15, 0.2) is 83.8 Å². The molecule has 0 bridgehead atoms. The van der Waals surface area contributed by atoms with Crippen molar-refractivity contribution in [2.75, 3.05) is 23.9 Å². The number of sulfonamides is 1. The van der Waals surface area contributed by atoms with Crippen molar-refractivity contribution in [3.05, 3.63) is 95.6 Å². The van der Waals surface area contributed by atoms with Crippen LogP contribution >= 0.6 is 0 Å². The van der Waals surface area contributed by atoms with Gasteiger partial charge in [-0.05, 0) is 62.4 Å². The van der Waals surface area contributed by atoms with Crippen molar-refractivity contribution in [3.63, 3.8) is 0 Å². The topological polar surface area (TPSA) is 86.8 Å². The number of rotatable bonds is 13. The maximum atomic E-state index is 14.0. The predicted octanol–water partition coefficient (Wildman–Crippen LogP) is 4.74. The molecule has 0 aliphatic carbocycles. The molecule has 1 atom stereocenters. The van der Waals surface area contributed by atoms with Crippen LogP contribution in [-0.4, -0.2) is 50.8 Å². The smallest absolute Gasteiger partial charge is 0.264 e. The summed E-state index contributed by atoms with van der Waals surface area (Å²) in [6.07, 6.45) is 1.90. The molecule has 0 saturated heterocycles. The number of nitrogens with zero attached hydrogens (tertiary/aromatic N) is 2. The van der Waals surface area contributed by atoms with E-state index in [1.165, 1.54) is 9.21 Å². The number of hydrogen-bond acceptors (Lipinski definition) is 4. The van der Waals surface area contributed by atoms with E-state index >= 15 is 0 Å². The van der Waals surface area contributed by atoms with Crippen molar-refractivity contribution < 1.29 is 18.0 Å². The third-order valence-corrected chi connectivity index (χ3v) is 8.50. The fourth-order valence-corrected chi connectivity index (χ4v) is 5.82. The van der Waals surface area contributed by atoms with E-state index in [1.807, 2.05) is 63.2 Å². The summed E-state index contributed by atoms with van der Waals surface area (Å²) in [6.45, 7) is 7.84. The molecule has 7 nitrogen and oxygen atoms in total. The molecule has 2 amide bonds. The normalized spacial score (nSPS) is 12.0. The van der Waals surface area contributed by atoms with Crippen LogP contribution in [0.2, 0.25) is 0 Å². The number of hydrogen-bond donors (Lipinski definition) is 1. The van der Waals surface area contributed by atoms with Crippen molar-refractivity contribution in [1.82, 2.24) is 10.2 Å². The number of anilines is 1. The predicted molar refractivity (Wildman–Crippen MR) is 156 cm³/mol. The molecule has 0 saturated carbocycles. The summed E-state index contributed by atoms with van der Waals surface area (Å²) < 4.78 is 29.1. The molecule has 0 radical (unpaired) electrons. The summed E-state index contributed by atoms with van der Waals surface area (Å²) in [5.41, 5.74) is 3.23. The average molecular weight is 550 g/mol. The van der Waals surface area contributed by atoms with Gasteiger partial charge >= 0.3 is 0 Å². The lowest BCUT2D eigenvalue weighted by Crippen LogP contribution is -2.52. The molecule has 0 spiro atoms. The fraction of sp³-hybridized carbons (Fsp3) is 0.355.